The SMILES string of the molecule is CSc1cc(C2CCNC2)ccc1N. The zero-order valence-corrected chi connectivity index (χ0v) is 9.23. The van der Waals surface area contributed by atoms with Gasteiger partial charge in [0, 0.05) is 17.1 Å². The number of nitrogen functional groups attached to an aromatic ring is 1. The van der Waals surface area contributed by atoms with Crippen molar-refractivity contribution in [3.05, 3.63) is 23.8 Å². The molecule has 0 saturated carbocycles. The highest BCUT2D eigenvalue weighted by Gasteiger charge is 2.16. The zero-order chi connectivity index (χ0) is 9.97. The number of benzene rings is 1. The molecule has 0 bridgehead atoms. The molecule has 0 amide bonds. The summed E-state index contributed by atoms with van der Waals surface area (Å²) >= 11 is 1.72. The van der Waals surface area contributed by atoms with Crippen LogP contribution in [0.25, 0.3) is 0 Å². The van der Waals surface area contributed by atoms with Crippen molar-refractivity contribution in [2.24, 2.45) is 0 Å². The molecule has 3 heteroatoms. The average Bonchev–Trinajstić information content (AvgIpc) is 2.71. The largest absolute Gasteiger partial charge is 0.398 e. The van der Waals surface area contributed by atoms with E-state index in [4.69, 9.17) is 5.73 Å². The molecule has 1 aliphatic rings. The van der Waals surface area contributed by atoms with Gasteiger partial charge in [0.15, 0.2) is 0 Å². The molecule has 1 heterocycles. The first-order valence-electron chi connectivity index (χ1n) is 4.95. The van der Waals surface area contributed by atoms with Crippen molar-refractivity contribution in [1.82, 2.24) is 5.32 Å². The Morgan fingerprint density at radius 2 is 2.36 bits per heavy atom. The summed E-state index contributed by atoms with van der Waals surface area (Å²) in [6.07, 6.45) is 3.32. The van der Waals surface area contributed by atoms with Crippen LogP contribution in [-0.2, 0) is 0 Å². The van der Waals surface area contributed by atoms with Gasteiger partial charge in [-0.2, -0.15) is 0 Å². The molecule has 1 atom stereocenters. The fourth-order valence-electron chi connectivity index (χ4n) is 1.92. The molecule has 3 N–H and O–H groups in total. The minimum absolute atomic E-state index is 0.682. The van der Waals surface area contributed by atoms with Crippen LogP contribution >= 0.6 is 11.8 Å². The van der Waals surface area contributed by atoms with E-state index in [1.54, 1.807) is 11.8 Å². The molecule has 2 nitrogen and oxygen atoms in total. The van der Waals surface area contributed by atoms with Gasteiger partial charge >= 0.3 is 0 Å². The number of anilines is 1. The smallest absolute Gasteiger partial charge is 0.0452 e. The third-order valence-corrected chi connectivity index (χ3v) is 3.58. The summed E-state index contributed by atoms with van der Waals surface area (Å²) in [5.74, 6) is 0.682. The Hall–Kier alpha value is -0.670. The molecular weight excluding hydrogens is 192 g/mol. The van der Waals surface area contributed by atoms with Gasteiger partial charge in [0.05, 0.1) is 0 Å². The van der Waals surface area contributed by atoms with E-state index >= 15 is 0 Å². The molecule has 1 aromatic carbocycles. The van der Waals surface area contributed by atoms with Gasteiger partial charge in [0.1, 0.15) is 0 Å². The molecule has 1 unspecified atom stereocenters. The Balaban J connectivity index is 2.25. The average molecular weight is 208 g/mol. The van der Waals surface area contributed by atoms with Crippen LogP contribution in [0.4, 0.5) is 5.69 Å². The van der Waals surface area contributed by atoms with Crippen molar-refractivity contribution < 1.29 is 0 Å². The van der Waals surface area contributed by atoms with E-state index in [0.717, 1.165) is 18.8 Å². The molecule has 1 aliphatic heterocycles. The van der Waals surface area contributed by atoms with E-state index in [-0.39, 0.29) is 0 Å². The Morgan fingerprint density at radius 1 is 1.50 bits per heavy atom. The number of thioether (sulfide) groups is 1. The highest BCUT2D eigenvalue weighted by atomic mass is 32.2. The number of rotatable bonds is 2. The molecule has 1 fully saturated rings. The van der Waals surface area contributed by atoms with Crippen LogP contribution < -0.4 is 11.1 Å². The lowest BCUT2D eigenvalue weighted by Gasteiger charge is -2.11. The third kappa shape index (κ3) is 1.88. The highest BCUT2D eigenvalue weighted by molar-refractivity contribution is 7.98. The summed E-state index contributed by atoms with van der Waals surface area (Å²) in [5, 5.41) is 3.38. The lowest BCUT2D eigenvalue weighted by Crippen LogP contribution is -2.08. The first kappa shape index (κ1) is 9.87. The maximum atomic E-state index is 5.86. The number of hydrogen-bond donors (Lipinski definition) is 2. The molecule has 76 valence electrons. The maximum absolute atomic E-state index is 5.86. The standard InChI is InChI=1S/C11H16N2S/c1-14-11-6-8(2-3-10(11)12)9-4-5-13-7-9/h2-3,6,9,13H,4-5,7,12H2,1H3. The van der Waals surface area contributed by atoms with Crippen molar-refractivity contribution in [3.8, 4) is 0 Å². The van der Waals surface area contributed by atoms with Crippen molar-refractivity contribution in [3.63, 3.8) is 0 Å². The molecule has 0 aromatic heterocycles. The number of nitrogens with two attached hydrogens (primary N) is 1. The van der Waals surface area contributed by atoms with Crippen molar-refractivity contribution in [1.29, 1.82) is 0 Å². The van der Waals surface area contributed by atoms with Crippen LogP contribution in [-0.4, -0.2) is 19.3 Å². The molecule has 0 radical (unpaired) electrons. The molecule has 0 spiro atoms. The van der Waals surface area contributed by atoms with Gasteiger partial charge in [-0.1, -0.05) is 6.07 Å². The van der Waals surface area contributed by atoms with Gasteiger partial charge in [-0.05, 0) is 42.8 Å². The summed E-state index contributed by atoms with van der Waals surface area (Å²) in [7, 11) is 0. The maximum Gasteiger partial charge on any atom is 0.0452 e. The predicted octanol–water partition coefficient (Wildman–Crippen LogP) is 2.07. The second-order valence-corrected chi connectivity index (χ2v) is 4.54. The minimum atomic E-state index is 0.682. The Bertz CT molecular complexity index is 319. The summed E-state index contributed by atoms with van der Waals surface area (Å²) in [5.41, 5.74) is 8.18. The summed E-state index contributed by atoms with van der Waals surface area (Å²) in [6.45, 7) is 2.25. The normalized spacial score (nSPS) is 21.4. The van der Waals surface area contributed by atoms with Gasteiger partial charge in [0.25, 0.3) is 0 Å². The van der Waals surface area contributed by atoms with Crippen LogP contribution in [0.15, 0.2) is 23.1 Å². The zero-order valence-electron chi connectivity index (χ0n) is 8.42. The summed E-state index contributed by atoms with van der Waals surface area (Å²) in [6, 6.07) is 6.42. The molecule has 14 heavy (non-hydrogen) atoms. The van der Waals surface area contributed by atoms with Crippen molar-refractivity contribution in [2.75, 3.05) is 25.1 Å². The van der Waals surface area contributed by atoms with Gasteiger partial charge in [-0.25, -0.2) is 0 Å². The van der Waals surface area contributed by atoms with Crippen LogP contribution in [0.1, 0.15) is 17.9 Å². The topological polar surface area (TPSA) is 38.0 Å². The molecule has 1 saturated heterocycles. The fourth-order valence-corrected chi connectivity index (χ4v) is 2.48. The van der Waals surface area contributed by atoms with E-state index < -0.39 is 0 Å². The Morgan fingerprint density at radius 3 is 3.00 bits per heavy atom. The van der Waals surface area contributed by atoms with Crippen LogP contribution in [0, 0.1) is 0 Å². The molecule has 2 rings (SSSR count). The predicted molar refractivity (Wildman–Crippen MR) is 62.9 cm³/mol. The fraction of sp³-hybridized carbons (Fsp3) is 0.455. The van der Waals surface area contributed by atoms with E-state index in [1.165, 1.54) is 16.9 Å². The van der Waals surface area contributed by atoms with E-state index in [2.05, 4.69) is 23.7 Å². The third-order valence-electron chi connectivity index (χ3n) is 2.79. The van der Waals surface area contributed by atoms with Gasteiger partial charge < -0.3 is 11.1 Å². The quantitative estimate of drug-likeness (QED) is 0.577. The van der Waals surface area contributed by atoms with Crippen molar-refractivity contribution >= 4 is 17.4 Å². The van der Waals surface area contributed by atoms with Crippen LogP contribution in [0.3, 0.4) is 0 Å². The van der Waals surface area contributed by atoms with Crippen molar-refractivity contribution in [2.45, 2.75) is 17.2 Å². The van der Waals surface area contributed by atoms with E-state index in [0.29, 0.717) is 5.92 Å². The summed E-state index contributed by atoms with van der Waals surface area (Å²) < 4.78 is 0. The monoisotopic (exact) mass is 208 g/mol. The summed E-state index contributed by atoms with van der Waals surface area (Å²) in [4.78, 5) is 1.20. The van der Waals surface area contributed by atoms with E-state index in [9.17, 15) is 0 Å². The first-order valence-corrected chi connectivity index (χ1v) is 6.18. The lowest BCUT2D eigenvalue weighted by molar-refractivity contribution is 0.761. The van der Waals surface area contributed by atoms with Crippen LogP contribution in [0.2, 0.25) is 0 Å². The van der Waals surface area contributed by atoms with Crippen LogP contribution in [0.5, 0.6) is 0 Å². The van der Waals surface area contributed by atoms with Gasteiger partial charge in [-0.15, -0.1) is 11.8 Å². The van der Waals surface area contributed by atoms with Gasteiger partial charge in [0.2, 0.25) is 0 Å². The van der Waals surface area contributed by atoms with E-state index in [1.807, 2.05) is 6.07 Å². The molecule has 1 aromatic rings. The second kappa shape index (κ2) is 4.24. The number of nitrogens with one attached hydrogen (secondary N) is 1. The number of hydrogen-bond acceptors (Lipinski definition) is 3. The first-order chi connectivity index (χ1) is 6.81. The second-order valence-electron chi connectivity index (χ2n) is 3.69. The molecular formula is C11H16N2S. The van der Waals surface area contributed by atoms with Gasteiger partial charge in [-0.3, -0.25) is 0 Å². The highest BCUT2D eigenvalue weighted by Crippen LogP contribution is 2.29. The lowest BCUT2D eigenvalue weighted by atomic mass is 9.98. The minimum Gasteiger partial charge on any atom is -0.398 e. The molecule has 0 aliphatic carbocycles. The Labute approximate surface area is 89.3 Å². The Kier molecular flexibility index (Phi) is 2.99.